The van der Waals surface area contributed by atoms with Crippen molar-refractivity contribution in [2.75, 3.05) is 18.4 Å². The van der Waals surface area contributed by atoms with Crippen LogP contribution in [0.15, 0.2) is 42.6 Å². The first kappa shape index (κ1) is 25.6. The molecule has 10 heteroatoms. The number of nitro groups is 1. The maximum absolute atomic E-state index is 12.9. The van der Waals surface area contributed by atoms with Gasteiger partial charge in [-0.2, -0.15) is 0 Å². The van der Waals surface area contributed by atoms with E-state index in [-0.39, 0.29) is 54.4 Å². The van der Waals surface area contributed by atoms with Gasteiger partial charge < -0.3 is 16.0 Å². The first-order valence-corrected chi connectivity index (χ1v) is 9.37. The summed E-state index contributed by atoms with van der Waals surface area (Å²) < 4.78 is 0. The lowest BCUT2D eigenvalue weighted by Crippen LogP contribution is -2.34. The highest BCUT2D eigenvalue weighted by Crippen LogP contribution is 2.31. The van der Waals surface area contributed by atoms with Gasteiger partial charge in [-0.15, -0.1) is 24.8 Å². The Kier molecular flexibility index (Phi) is 9.48. The Morgan fingerprint density at radius 2 is 2.10 bits per heavy atom. The van der Waals surface area contributed by atoms with Crippen LogP contribution in [-0.4, -0.2) is 39.8 Å². The SMILES string of the molecule is CC(Nc1ccc(C(=O)N2CC(CN)CC2C)cc1[N+](=O)[O-])c1ccccn1.Cl.Cl. The molecule has 0 radical (unpaired) electrons. The quantitative estimate of drug-likeness (QED) is 0.505. The minimum atomic E-state index is -0.472. The Hall–Kier alpha value is -2.42. The van der Waals surface area contributed by atoms with Crippen LogP contribution in [0.1, 0.15) is 42.4 Å². The van der Waals surface area contributed by atoms with Crippen molar-refractivity contribution in [1.82, 2.24) is 9.88 Å². The third kappa shape index (κ3) is 5.59. The number of hydrogen-bond acceptors (Lipinski definition) is 6. The van der Waals surface area contributed by atoms with Crippen molar-refractivity contribution in [3.63, 3.8) is 0 Å². The molecule has 1 aliphatic rings. The molecule has 3 N–H and O–H groups in total. The van der Waals surface area contributed by atoms with Gasteiger partial charge >= 0.3 is 0 Å². The zero-order valence-corrected chi connectivity index (χ0v) is 18.5. The lowest BCUT2D eigenvalue weighted by molar-refractivity contribution is -0.384. The number of nitrogens with one attached hydrogen (secondary N) is 1. The highest BCUT2D eigenvalue weighted by Gasteiger charge is 2.33. The molecule has 1 saturated heterocycles. The lowest BCUT2D eigenvalue weighted by Gasteiger charge is -2.22. The number of carbonyl (C=O) groups is 1. The van der Waals surface area contributed by atoms with Crippen LogP contribution in [0.25, 0.3) is 0 Å². The first-order chi connectivity index (χ1) is 13.4. The molecular weight excluding hydrogens is 429 g/mol. The van der Waals surface area contributed by atoms with Gasteiger partial charge in [-0.25, -0.2) is 0 Å². The Balaban J connectivity index is 0.00000225. The van der Waals surface area contributed by atoms with Gasteiger partial charge in [0.25, 0.3) is 11.6 Å². The molecular formula is C20H27Cl2N5O3. The first-order valence-electron chi connectivity index (χ1n) is 9.37. The van der Waals surface area contributed by atoms with E-state index in [1.807, 2.05) is 32.0 Å². The van der Waals surface area contributed by atoms with E-state index < -0.39 is 4.92 Å². The molecule has 30 heavy (non-hydrogen) atoms. The average Bonchev–Trinajstić information content (AvgIpc) is 3.09. The Morgan fingerprint density at radius 3 is 2.67 bits per heavy atom. The number of aromatic nitrogens is 1. The molecule has 3 atom stereocenters. The second kappa shape index (κ2) is 11.1. The van der Waals surface area contributed by atoms with Crippen LogP contribution >= 0.6 is 24.8 Å². The molecule has 1 fully saturated rings. The molecule has 0 bridgehead atoms. The largest absolute Gasteiger partial charge is 0.371 e. The van der Waals surface area contributed by atoms with Crippen molar-refractivity contribution in [1.29, 1.82) is 0 Å². The zero-order chi connectivity index (χ0) is 20.3. The van der Waals surface area contributed by atoms with E-state index in [0.717, 1.165) is 12.1 Å². The minimum absolute atomic E-state index is 0. The van der Waals surface area contributed by atoms with Crippen LogP contribution in [0.5, 0.6) is 0 Å². The summed E-state index contributed by atoms with van der Waals surface area (Å²) in [5.41, 5.74) is 7.05. The number of benzene rings is 1. The van der Waals surface area contributed by atoms with Gasteiger partial charge in [0.15, 0.2) is 0 Å². The molecule has 0 aliphatic carbocycles. The van der Waals surface area contributed by atoms with Crippen molar-refractivity contribution >= 4 is 42.1 Å². The standard InChI is InChI=1S/C20H25N5O3.2ClH/c1-13-9-15(11-21)12-24(13)20(26)16-6-7-18(19(10-16)25(27)28)23-14(2)17-5-3-4-8-22-17;;/h3-8,10,13-15,23H,9,11-12,21H2,1-2H3;2*1H. The molecule has 0 spiro atoms. The fraction of sp³-hybridized carbons (Fsp3) is 0.400. The fourth-order valence-corrected chi connectivity index (χ4v) is 3.64. The summed E-state index contributed by atoms with van der Waals surface area (Å²) in [4.78, 5) is 30.0. The number of nitro benzene ring substituents is 1. The van der Waals surface area contributed by atoms with Gasteiger partial charge in [-0.3, -0.25) is 19.9 Å². The topological polar surface area (TPSA) is 114 Å². The van der Waals surface area contributed by atoms with Crippen molar-refractivity contribution in [3.05, 3.63) is 64.0 Å². The Labute approximate surface area is 188 Å². The van der Waals surface area contributed by atoms with Gasteiger partial charge in [-0.05, 0) is 57.0 Å². The van der Waals surface area contributed by atoms with E-state index in [0.29, 0.717) is 24.3 Å². The second-order valence-corrected chi connectivity index (χ2v) is 7.25. The van der Waals surface area contributed by atoms with Gasteiger partial charge in [-0.1, -0.05) is 6.07 Å². The lowest BCUT2D eigenvalue weighted by atomic mass is 10.1. The molecule has 0 saturated carbocycles. The predicted molar refractivity (Wildman–Crippen MR) is 122 cm³/mol. The summed E-state index contributed by atoms with van der Waals surface area (Å²) in [7, 11) is 0. The van der Waals surface area contributed by atoms with Crippen molar-refractivity contribution in [2.24, 2.45) is 11.7 Å². The number of nitrogens with two attached hydrogens (primary N) is 1. The maximum atomic E-state index is 12.9. The number of carbonyl (C=O) groups excluding carboxylic acids is 1. The van der Waals surface area contributed by atoms with Crippen LogP contribution in [-0.2, 0) is 0 Å². The van der Waals surface area contributed by atoms with E-state index >= 15 is 0 Å². The molecule has 1 amide bonds. The molecule has 1 aromatic heterocycles. The molecule has 3 rings (SSSR count). The third-order valence-corrected chi connectivity index (χ3v) is 5.20. The number of pyridine rings is 1. The summed E-state index contributed by atoms with van der Waals surface area (Å²) in [5.74, 6) is 0.0740. The van der Waals surface area contributed by atoms with E-state index in [2.05, 4.69) is 10.3 Å². The summed E-state index contributed by atoms with van der Waals surface area (Å²) in [6.07, 6.45) is 2.53. The summed E-state index contributed by atoms with van der Waals surface area (Å²) >= 11 is 0. The number of nitrogens with zero attached hydrogens (tertiary/aromatic N) is 3. The predicted octanol–water partition coefficient (Wildman–Crippen LogP) is 3.82. The fourth-order valence-electron chi connectivity index (χ4n) is 3.64. The molecule has 2 heterocycles. The Morgan fingerprint density at radius 1 is 1.37 bits per heavy atom. The number of likely N-dealkylation sites (tertiary alicyclic amines) is 1. The van der Waals surface area contributed by atoms with Gasteiger partial charge in [0.1, 0.15) is 5.69 Å². The van der Waals surface area contributed by atoms with Gasteiger partial charge in [0.05, 0.1) is 16.7 Å². The van der Waals surface area contributed by atoms with Crippen LogP contribution in [0.4, 0.5) is 11.4 Å². The smallest absolute Gasteiger partial charge is 0.293 e. The van der Waals surface area contributed by atoms with Crippen molar-refractivity contribution in [3.8, 4) is 0 Å². The molecule has 8 nitrogen and oxygen atoms in total. The van der Waals surface area contributed by atoms with Crippen molar-refractivity contribution in [2.45, 2.75) is 32.4 Å². The molecule has 1 aliphatic heterocycles. The van der Waals surface area contributed by atoms with Crippen LogP contribution in [0.2, 0.25) is 0 Å². The zero-order valence-electron chi connectivity index (χ0n) is 16.9. The molecule has 3 unspecified atom stereocenters. The monoisotopic (exact) mass is 455 g/mol. The van der Waals surface area contributed by atoms with Gasteiger partial charge in [0.2, 0.25) is 0 Å². The minimum Gasteiger partial charge on any atom is -0.371 e. The highest BCUT2D eigenvalue weighted by molar-refractivity contribution is 5.96. The van der Waals surface area contributed by atoms with Crippen LogP contribution in [0, 0.1) is 16.0 Å². The van der Waals surface area contributed by atoms with Crippen molar-refractivity contribution < 1.29 is 9.72 Å². The normalized spacial score (nSPS) is 18.7. The molecule has 2 aromatic rings. The number of halogens is 2. The number of anilines is 1. The van der Waals surface area contributed by atoms with Crippen LogP contribution in [0.3, 0.4) is 0 Å². The van der Waals surface area contributed by atoms with E-state index in [1.54, 1.807) is 23.2 Å². The van der Waals surface area contributed by atoms with Crippen LogP contribution < -0.4 is 11.1 Å². The number of hydrogen-bond donors (Lipinski definition) is 2. The highest BCUT2D eigenvalue weighted by atomic mass is 35.5. The van der Waals surface area contributed by atoms with E-state index in [4.69, 9.17) is 5.73 Å². The third-order valence-electron chi connectivity index (χ3n) is 5.20. The average molecular weight is 456 g/mol. The molecule has 1 aromatic carbocycles. The van der Waals surface area contributed by atoms with E-state index in [9.17, 15) is 14.9 Å². The number of rotatable bonds is 6. The second-order valence-electron chi connectivity index (χ2n) is 7.25. The summed E-state index contributed by atoms with van der Waals surface area (Å²) in [6.45, 7) is 4.97. The molecule has 164 valence electrons. The summed E-state index contributed by atoms with van der Waals surface area (Å²) in [6, 6.07) is 9.95. The maximum Gasteiger partial charge on any atom is 0.293 e. The van der Waals surface area contributed by atoms with E-state index in [1.165, 1.54) is 6.07 Å². The Bertz CT molecular complexity index is 869. The summed E-state index contributed by atoms with van der Waals surface area (Å²) in [5, 5.41) is 14.7. The van der Waals surface area contributed by atoms with Gasteiger partial charge in [0, 0.05) is 30.4 Å². The number of amides is 1.